The van der Waals surface area contributed by atoms with E-state index in [1.165, 1.54) is 0 Å². The van der Waals surface area contributed by atoms with Crippen LogP contribution in [-0.4, -0.2) is 15.0 Å². The Balaban J connectivity index is 1.49. The van der Waals surface area contributed by atoms with Gasteiger partial charge in [-0.3, -0.25) is 0 Å². The standard InChI is InChI=1S/C25H16N4O3/c26-15-25(24-29-18-9-3-6-12-21(18)32-24,13-22-27-16-7-1-4-10-19(16)30-22)14-23-28-17-8-2-5-11-20(17)31-23/h1-12H,13-14H2. The van der Waals surface area contributed by atoms with Crippen LogP contribution in [0.1, 0.15) is 17.7 Å². The monoisotopic (exact) mass is 420 g/mol. The maximum Gasteiger partial charge on any atom is 0.217 e. The number of rotatable bonds is 5. The van der Waals surface area contributed by atoms with E-state index in [0.717, 1.165) is 11.0 Å². The highest BCUT2D eigenvalue weighted by molar-refractivity contribution is 5.74. The van der Waals surface area contributed by atoms with Crippen molar-refractivity contribution in [2.45, 2.75) is 18.3 Å². The van der Waals surface area contributed by atoms with E-state index in [4.69, 9.17) is 13.3 Å². The summed E-state index contributed by atoms with van der Waals surface area (Å²) in [7, 11) is 0. The third-order valence-corrected chi connectivity index (χ3v) is 5.50. The molecule has 32 heavy (non-hydrogen) atoms. The van der Waals surface area contributed by atoms with E-state index in [1.807, 2.05) is 72.8 Å². The van der Waals surface area contributed by atoms with Crippen LogP contribution in [0.5, 0.6) is 0 Å². The Morgan fingerprint density at radius 3 is 1.50 bits per heavy atom. The van der Waals surface area contributed by atoms with Gasteiger partial charge in [-0.25, -0.2) is 15.0 Å². The lowest BCUT2D eigenvalue weighted by atomic mass is 9.82. The molecule has 0 fully saturated rings. The molecule has 6 rings (SSSR count). The summed E-state index contributed by atoms with van der Waals surface area (Å²) in [6.07, 6.45) is 0.313. The first kappa shape index (κ1) is 18.3. The zero-order valence-corrected chi connectivity index (χ0v) is 16.9. The van der Waals surface area contributed by atoms with Crippen LogP contribution in [0.15, 0.2) is 86.0 Å². The SMILES string of the molecule is N#CC(Cc1nc2ccccc2o1)(Cc1nc2ccccc2o1)c1nc2ccccc2o1. The molecule has 0 spiro atoms. The summed E-state index contributed by atoms with van der Waals surface area (Å²) in [6.45, 7) is 0. The molecule has 0 saturated heterocycles. The highest BCUT2D eigenvalue weighted by Crippen LogP contribution is 2.35. The number of nitriles is 1. The zero-order valence-electron chi connectivity index (χ0n) is 16.9. The summed E-state index contributed by atoms with van der Waals surface area (Å²) in [4.78, 5) is 13.8. The molecule has 3 aromatic carbocycles. The molecule has 7 heteroatoms. The summed E-state index contributed by atoms with van der Waals surface area (Å²) >= 11 is 0. The average Bonchev–Trinajstić information content (AvgIpc) is 3.53. The number of para-hydroxylation sites is 6. The smallest absolute Gasteiger partial charge is 0.217 e. The Hall–Kier alpha value is -4.44. The molecule has 0 amide bonds. The molecule has 0 aliphatic heterocycles. The maximum absolute atomic E-state index is 10.4. The molecule has 0 aliphatic carbocycles. The lowest BCUT2D eigenvalue weighted by Gasteiger charge is -2.19. The molecule has 0 unspecified atom stereocenters. The van der Waals surface area contributed by atoms with Gasteiger partial charge in [-0.05, 0) is 36.4 Å². The number of aromatic nitrogens is 3. The molecule has 154 valence electrons. The fourth-order valence-corrected chi connectivity index (χ4v) is 3.92. The van der Waals surface area contributed by atoms with E-state index in [1.54, 1.807) is 0 Å². The van der Waals surface area contributed by atoms with Gasteiger partial charge in [0.25, 0.3) is 0 Å². The second kappa shape index (κ2) is 7.06. The number of nitrogens with zero attached hydrogens (tertiary/aromatic N) is 4. The van der Waals surface area contributed by atoms with Crippen molar-refractivity contribution in [2.75, 3.05) is 0 Å². The second-order valence-corrected chi connectivity index (χ2v) is 7.68. The number of oxazole rings is 3. The van der Waals surface area contributed by atoms with Crippen LogP contribution >= 0.6 is 0 Å². The molecule has 0 aliphatic rings. The molecule has 3 aromatic heterocycles. The van der Waals surface area contributed by atoms with Crippen LogP contribution < -0.4 is 0 Å². The fraction of sp³-hybridized carbons (Fsp3) is 0.120. The van der Waals surface area contributed by atoms with E-state index in [9.17, 15) is 5.26 Å². The predicted molar refractivity (Wildman–Crippen MR) is 117 cm³/mol. The third kappa shape index (κ3) is 3.01. The summed E-state index contributed by atoms with van der Waals surface area (Å²) in [5, 5.41) is 10.4. The Bertz CT molecular complexity index is 1440. The second-order valence-electron chi connectivity index (χ2n) is 7.68. The Labute approximate surface area is 181 Å². The maximum atomic E-state index is 10.4. The zero-order chi connectivity index (χ0) is 21.5. The number of hydrogen-bond acceptors (Lipinski definition) is 7. The summed E-state index contributed by atoms with van der Waals surface area (Å²) in [5.74, 6) is 1.13. The molecule has 3 heterocycles. The Morgan fingerprint density at radius 2 is 1.06 bits per heavy atom. The van der Waals surface area contributed by atoms with Gasteiger partial charge in [0.15, 0.2) is 33.9 Å². The lowest BCUT2D eigenvalue weighted by Crippen LogP contribution is -2.31. The molecule has 6 aromatic rings. The minimum absolute atomic E-state index is 0.156. The molecule has 0 radical (unpaired) electrons. The van der Waals surface area contributed by atoms with Gasteiger partial charge in [0.2, 0.25) is 5.89 Å². The van der Waals surface area contributed by atoms with Crippen molar-refractivity contribution in [3.05, 3.63) is 90.5 Å². The normalized spacial score (nSPS) is 12.0. The first-order valence-corrected chi connectivity index (χ1v) is 10.2. The minimum atomic E-state index is -1.22. The van der Waals surface area contributed by atoms with E-state index in [2.05, 4.69) is 21.0 Å². The molecular weight excluding hydrogens is 404 g/mol. The van der Waals surface area contributed by atoms with Crippen molar-refractivity contribution in [1.82, 2.24) is 15.0 Å². The summed E-state index contributed by atoms with van der Waals surface area (Å²) in [6, 6.07) is 24.8. The van der Waals surface area contributed by atoms with Gasteiger partial charge in [-0.15, -0.1) is 0 Å². The molecule has 0 N–H and O–H groups in total. The van der Waals surface area contributed by atoms with Gasteiger partial charge in [-0.2, -0.15) is 5.26 Å². The molecule has 0 saturated carbocycles. The Morgan fingerprint density at radius 1 is 0.625 bits per heavy atom. The van der Waals surface area contributed by atoms with Gasteiger partial charge in [0.1, 0.15) is 16.6 Å². The topological polar surface area (TPSA) is 102 Å². The van der Waals surface area contributed by atoms with E-state index in [-0.39, 0.29) is 18.7 Å². The number of hydrogen-bond donors (Lipinski definition) is 0. The molecule has 0 atom stereocenters. The highest BCUT2D eigenvalue weighted by atomic mass is 16.4. The van der Waals surface area contributed by atoms with Gasteiger partial charge in [0, 0.05) is 0 Å². The van der Waals surface area contributed by atoms with Crippen molar-refractivity contribution >= 4 is 33.3 Å². The van der Waals surface area contributed by atoms with E-state index in [0.29, 0.717) is 34.0 Å². The lowest BCUT2D eigenvalue weighted by molar-refractivity contribution is 0.344. The quantitative estimate of drug-likeness (QED) is 0.370. The van der Waals surface area contributed by atoms with Crippen LogP contribution in [0.3, 0.4) is 0 Å². The third-order valence-electron chi connectivity index (χ3n) is 5.50. The van der Waals surface area contributed by atoms with Crippen molar-refractivity contribution in [3.8, 4) is 6.07 Å². The van der Waals surface area contributed by atoms with E-state index < -0.39 is 5.41 Å². The van der Waals surface area contributed by atoms with Gasteiger partial charge < -0.3 is 13.3 Å². The number of fused-ring (bicyclic) bond motifs is 3. The predicted octanol–water partition coefficient (Wildman–Crippen LogP) is 5.36. The first-order chi connectivity index (χ1) is 15.7. The van der Waals surface area contributed by atoms with Crippen LogP contribution in [0.25, 0.3) is 33.3 Å². The van der Waals surface area contributed by atoms with Crippen LogP contribution in [-0.2, 0) is 18.3 Å². The largest absolute Gasteiger partial charge is 0.441 e. The summed E-state index contributed by atoms with van der Waals surface area (Å²) in [5.41, 5.74) is 2.85. The van der Waals surface area contributed by atoms with Crippen molar-refractivity contribution < 1.29 is 13.3 Å². The van der Waals surface area contributed by atoms with Crippen LogP contribution in [0, 0.1) is 11.3 Å². The molecule has 7 nitrogen and oxygen atoms in total. The average molecular weight is 420 g/mol. The van der Waals surface area contributed by atoms with Gasteiger partial charge in [0.05, 0.1) is 18.9 Å². The van der Waals surface area contributed by atoms with Crippen LogP contribution in [0.2, 0.25) is 0 Å². The van der Waals surface area contributed by atoms with E-state index >= 15 is 0 Å². The molecular formula is C25H16N4O3. The fourth-order valence-electron chi connectivity index (χ4n) is 3.92. The van der Waals surface area contributed by atoms with Gasteiger partial charge >= 0.3 is 0 Å². The highest BCUT2D eigenvalue weighted by Gasteiger charge is 2.42. The molecule has 0 bridgehead atoms. The van der Waals surface area contributed by atoms with Crippen molar-refractivity contribution in [3.63, 3.8) is 0 Å². The minimum Gasteiger partial charge on any atom is -0.441 e. The summed E-state index contributed by atoms with van der Waals surface area (Å²) < 4.78 is 17.9. The van der Waals surface area contributed by atoms with Crippen LogP contribution in [0.4, 0.5) is 0 Å². The first-order valence-electron chi connectivity index (χ1n) is 10.2. The van der Waals surface area contributed by atoms with Crippen molar-refractivity contribution in [2.24, 2.45) is 0 Å². The number of benzene rings is 3. The Kier molecular flexibility index (Phi) is 4.05. The van der Waals surface area contributed by atoms with Gasteiger partial charge in [-0.1, -0.05) is 36.4 Å². The van der Waals surface area contributed by atoms with Crippen molar-refractivity contribution in [1.29, 1.82) is 5.26 Å².